The highest BCUT2D eigenvalue weighted by Crippen LogP contribution is 2.39. The number of hydrogen-bond donors (Lipinski definition) is 3. The van der Waals surface area contributed by atoms with E-state index in [1.54, 1.807) is 31.4 Å². The topological polar surface area (TPSA) is 106 Å². The minimum absolute atomic E-state index is 0.160. The van der Waals surface area contributed by atoms with Gasteiger partial charge in [0.05, 0.1) is 18.5 Å². The van der Waals surface area contributed by atoms with Gasteiger partial charge < -0.3 is 30.0 Å². The molecular formula is C39H48N2O6. The molecule has 0 radical (unpaired) electrons. The zero-order valence-corrected chi connectivity index (χ0v) is 27.8. The van der Waals surface area contributed by atoms with Crippen LogP contribution in [-0.2, 0) is 9.59 Å². The van der Waals surface area contributed by atoms with Crippen LogP contribution in [0.2, 0.25) is 0 Å². The number of ether oxygens (including phenoxy) is 3. The number of benzene rings is 4. The van der Waals surface area contributed by atoms with Gasteiger partial charge in [-0.3, -0.25) is 9.59 Å². The molecule has 4 aromatic rings. The van der Waals surface area contributed by atoms with E-state index >= 15 is 0 Å². The molecule has 0 fully saturated rings. The summed E-state index contributed by atoms with van der Waals surface area (Å²) < 4.78 is 17.7. The Balaban J connectivity index is 1.50. The van der Waals surface area contributed by atoms with Crippen molar-refractivity contribution in [2.45, 2.75) is 90.6 Å². The SMILES string of the molecule is CCCCCCCCCCCCC(Oc1ccc2ccccc2c1)C(=O)Nc1cc(O)c(NC(C)=O)cc1Oc1ccc(OC)cc1. The third-order valence-electron chi connectivity index (χ3n) is 8.07. The van der Waals surface area contributed by atoms with Gasteiger partial charge in [-0.15, -0.1) is 0 Å². The molecule has 47 heavy (non-hydrogen) atoms. The molecule has 0 aliphatic carbocycles. The van der Waals surface area contributed by atoms with Crippen molar-refractivity contribution in [3.05, 3.63) is 78.9 Å². The molecule has 0 bridgehead atoms. The molecule has 0 spiro atoms. The fourth-order valence-electron chi connectivity index (χ4n) is 5.49. The number of carbonyl (C=O) groups is 2. The van der Waals surface area contributed by atoms with Crippen LogP contribution in [0.25, 0.3) is 10.8 Å². The summed E-state index contributed by atoms with van der Waals surface area (Å²) >= 11 is 0. The molecule has 3 N–H and O–H groups in total. The lowest BCUT2D eigenvalue weighted by molar-refractivity contribution is -0.123. The predicted molar refractivity (Wildman–Crippen MR) is 189 cm³/mol. The summed E-state index contributed by atoms with van der Waals surface area (Å²) in [4.78, 5) is 25.7. The Bertz CT molecular complexity index is 1590. The van der Waals surface area contributed by atoms with Crippen molar-refractivity contribution in [2.75, 3.05) is 17.7 Å². The molecule has 1 atom stereocenters. The molecule has 0 saturated carbocycles. The second-order valence-electron chi connectivity index (χ2n) is 11.9. The zero-order valence-electron chi connectivity index (χ0n) is 27.8. The fraction of sp³-hybridized carbons (Fsp3) is 0.385. The van der Waals surface area contributed by atoms with Crippen LogP contribution in [0.15, 0.2) is 78.9 Å². The van der Waals surface area contributed by atoms with Gasteiger partial charge >= 0.3 is 0 Å². The lowest BCUT2D eigenvalue weighted by atomic mass is 10.0. The van der Waals surface area contributed by atoms with Crippen LogP contribution < -0.4 is 24.8 Å². The van der Waals surface area contributed by atoms with Crippen LogP contribution in [0.4, 0.5) is 11.4 Å². The zero-order chi connectivity index (χ0) is 33.4. The number of aromatic hydroxyl groups is 1. The summed E-state index contributed by atoms with van der Waals surface area (Å²) in [6.45, 7) is 3.59. The highest BCUT2D eigenvalue weighted by molar-refractivity contribution is 5.98. The number of carbonyl (C=O) groups excluding carboxylic acids is 2. The molecule has 0 aromatic heterocycles. The summed E-state index contributed by atoms with van der Waals surface area (Å²) in [6.07, 6.45) is 11.6. The first-order chi connectivity index (χ1) is 22.9. The molecule has 2 amide bonds. The highest BCUT2D eigenvalue weighted by atomic mass is 16.5. The molecule has 4 rings (SSSR count). The molecule has 1 unspecified atom stereocenters. The number of fused-ring (bicyclic) bond motifs is 1. The van der Waals surface area contributed by atoms with E-state index in [0.29, 0.717) is 23.7 Å². The van der Waals surface area contributed by atoms with Crippen molar-refractivity contribution in [2.24, 2.45) is 0 Å². The van der Waals surface area contributed by atoms with Crippen LogP contribution in [0.1, 0.15) is 84.5 Å². The number of phenols is 1. The normalized spacial score (nSPS) is 11.6. The molecule has 4 aromatic carbocycles. The Labute approximate surface area is 278 Å². The third-order valence-corrected chi connectivity index (χ3v) is 8.07. The predicted octanol–water partition coefficient (Wildman–Crippen LogP) is 10.0. The number of nitrogens with one attached hydrogen (secondary N) is 2. The van der Waals surface area contributed by atoms with Crippen LogP contribution >= 0.6 is 0 Å². The Morgan fingerprint density at radius 1 is 0.702 bits per heavy atom. The van der Waals surface area contributed by atoms with E-state index in [-0.39, 0.29) is 34.7 Å². The van der Waals surface area contributed by atoms with Gasteiger partial charge in [-0.1, -0.05) is 95.0 Å². The molecule has 0 saturated heterocycles. The van der Waals surface area contributed by atoms with Crippen molar-refractivity contribution in [3.8, 4) is 28.7 Å². The Kier molecular flexibility index (Phi) is 13.8. The quantitative estimate of drug-likeness (QED) is 0.0696. The van der Waals surface area contributed by atoms with Crippen LogP contribution in [0, 0.1) is 0 Å². The molecule has 0 aliphatic rings. The van der Waals surface area contributed by atoms with E-state index in [9.17, 15) is 14.7 Å². The summed E-state index contributed by atoms with van der Waals surface area (Å²) in [6, 6.07) is 23.6. The van der Waals surface area contributed by atoms with E-state index in [4.69, 9.17) is 14.2 Å². The molecule has 0 heterocycles. The number of unbranched alkanes of at least 4 members (excludes halogenated alkanes) is 9. The number of amides is 2. The highest BCUT2D eigenvalue weighted by Gasteiger charge is 2.23. The largest absolute Gasteiger partial charge is 0.506 e. The summed E-state index contributed by atoms with van der Waals surface area (Å²) in [5.74, 6) is 1.07. The van der Waals surface area contributed by atoms with Gasteiger partial charge in [-0.05, 0) is 60.0 Å². The first-order valence-corrected chi connectivity index (χ1v) is 16.8. The Hall–Kier alpha value is -4.72. The summed E-state index contributed by atoms with van der Waals surface area (Å²) in [7, 11) is 1.58. The first-order valence-electron chi connectivity index (χ1n) is 16.8. The maximum Gasteiger partial charge on any atom is 0.265 e. The second-order valence-corrected chi connectivity index (χ2v) is 11.9. The van der Waals surface area contributed by atoms with Crippen LogP contribution in [-0.4, -0.2) is 30.1 Å². The van der Waals surface area contributed by atoms with Crippen LogP contribution in [0.3, 0.4) is 0 Å². The van der Waals surface area contributed by atoms with E-state index in [1.807, 2.05) is 42.5 Å². The first kappa shape index (κ1) is 35.1. The minimum atomic E-state index is -0.781. The van der Waals surface area contributed by atoms with Crippen molar-refractivity contribution in [3.63, 3.8) is 0 Å². The standard InChI is InChI=1S/C39H48N2O6/c1-4-5-6-7-8-9-10-11-12-13-18-37(47-33-20-19-29-16-14-15-17-30(29)25-33)39(44)41-35-26-36(43)34(40-28(2)42)27-38(35)46-32-23-21-31(45-3)22-24-32/h14-17,19-27,37,43H,4-13,18H2,1-3H3,(H,40,42)(H,41,44). The van der Waals surface area contributed by atoms with Gasteiger partial charge in [0.25, 0.3) is 5.91 Å². The molecule has 8 nitrogen and oxygen atoms in total. The fourth-order valence-corrected chi connectivity index (χ4v) is 5.49. The number of anilines is 2. The lowest BCUT2D eigenvalue weighted by Crippen LogP contribution is -2.33. The monoisotopic (exact) mass is 640 g/mol. The van der Waals surface area contributed by atoms with Crippen molar-refractivity contribution >= 4 is 34.0 Å². The summed E-state index contributed by atoms with van der Waals surface area (Å²) in [5, 5.41) is 18.4. The number of methoxy groups -OCH3 is 1. The molecular weight excluding hydrogens is 592 g/mol. The van der Waals surface area contributed by atoms with Crippen molar-refractivity contribution in [1.82, 2.24) is 0 Å². The van der Waals surface area contributed by atoms with E-state index in [1.165, 1.54) is 64.0 Å². The van der Waals surface area contributed by atoms with Gasteiger partial charge in [0.2, 0.25) is 5.91 Å². The molecule has 0 aliphatic heterocycles. The Morgan fingerprint density at radius 3 is 1.98 bits per heavy atom. The van der Waals surface area contributed by atoms with Gasteiger partial charge in [-0.2, -0.15) is 0 Å². The average molecular weight is 641 g/mol. The van der Waals surface area contributed by atoms with Crippen LogP contribution in [0.5, 0.6) is 28.7 Å². The second kappa shape index (κ2) is 18.4. The van der Waals surface area contributed by atoms with E-state index < -0.39 is 6.10 Å². The van der Waals surface area contributed by atoms with Gasteiger partial charge in [0.1, 0.15) is 23.0 Å². The van der Waals surface area contributed by atoms with Gasteiger partial charge in [-0.25, -0.2) is 0 Å². The Morgan fingerprint density at radius 2 is 1.32 bits per heavy atom. The van der Waals surface area contributed by atoms with Gasteiger partial charge in [0, 0.05) is 19.1 Å². The van der Waals surface area contributed by atoms with E-state index in [0.717, 1.165) is 30.0 Å². The summed E-state index contributed by atoms with van der Waals surface area (Å²) in [5.41, 5.74) is 0.404. The number of phenolic OH excluding ortho intramolecular Hbond substituents is 1. The number of rotatable bonds is 19. The molecule has 250 valence electrons. The molecule has 8 heteroatoms. The minimum Gasteiger partial charge on any atom is -0.506 e. The average Bonchev–Trinajstić information content (AvgIpc) is 3.07. The maximum absolute atomic E-state index is 13.9. The maximum atomic E-state index is 13.9. The van der Waals surface area contributed by atoms with Crippen molar-refractivity contribution < 1.29 is 28.9 Å². The third kappa shape index (κ3) is 11.2. The van der Waals surface area contributed by atoms with E-state index in [2.05, 4.69) is 17.6 Å². The number of hydrogen-bond acceptors (Lipinski definition) is 6. The van der Waals surface area contributed by atoms with Gasteiger partial charge in [0.15, 0.2) is 11.9 Å². The lowest BCUT2D eigenvalue weighted by Gasteiger charge is -2.21. The smallest absolute Gasteiger partial charge is 0.265 e. The van der Waals surface area contributed by atoms with Crippen molar-refractivity contribution in [1.29, 1.82) is 0 Å².